The Morgan fingerprint density at radius 1 is 1.19 bits per heavy atom. The molecule has 1 saturated carbocycles. The zero-order valence-electron chi connectivity index (χ0n) is 15.5. The highest BCUT2D eigenvalue weighted by Crippen LogP contribution is 2.49. The molecule has 1 N–H and O–H groups in total. The van der Waals surface area contributed by atoms with Crippen LogP contribution in [-0.4, -0.2) is 24.0 Å². The summed E-state index contributed by atoms with van der Waals surface area (Å²) in [6, 6.07) is 14.2. The van der Waals surface area contributed by atoms with E-state index in [9.17, 15) is 4.79 Å². The summed E-state index contributed by atoms with van der Waals surface area (Å²) in [5.41, 5.74) is 2.85. The van der Waals surface area contributed by atoms with Gasteiger partial charge >= 0.3 is 0 Å². The van der Waals surface area contributed by atoms with Crippen molar-refractivity contribution in [1.82, 2.24) is 4.98 Å². The van der Waals surface area contributed by atoms with Crippen LogP contribution in [-0.2, 0) is 4.79 Å². The number of amides is 1. The topological polar surface area (TPSA) is 54.5 Å². The highest BCUT2D eigenvalue weighted by molar-refractivity contribution is 5.94. The number of ether oxygens (including phenoxy) is 1. The number of methoxy groups -OCH3 is 1. The lowest BCUT2D eigenvalue weighted by Gasteiger charge is -2.45. The molecule has 2 aliphatic rings. The minimum Gasteiger partial charge on any atom is -0.481 e. The van der Waals surface area contributed by atoms with Crippen LogP contribution in [0.3, 0.4) is 0 Å². The smallest absolute Gasteiger partial charge is 0.224 e. The van der Waals surface area contributed by atoms with E-state index < -0.39 is 0 Å². The number of nitrogens with one attached hydrogen (secondary N) is 1. The van der Waals surface area contributed by atoms with Gasteiger partial charge in [0.2, 0.25) is 11.8 Å². The fourth-order valence-corrected chi connectivity index (χ4v) is 4.21. The Hall–Kier alpha value is -2.56. The van der Waals surface area contributed by atoms with E-state index in [-0.39, 0.29) is 23.9 Å². The lowest BCUT2D eigenvalue weighted by atomic mass is 9.82. The maximum atomic E-state index is 12.5. The number of nitrogens with zero attached hydrogens (tertiary/aromatic N) is 2. The number of hydrogen-bond donors (Lipinski definition) is 1. The predicted molar refractivity (Wildman–Crippen MR) is 102 cm³/mol. The molecule has 1 amide bonds. The maximum absolute atomic E-state index is 12.5. The van der Waals surface area contributed by atoms with Gasteiger partial charge in [0, 0.05) is 30.6 Å². The van der Waals surface area contributed by atoms with Crippen molar-refractivity contribution < 1.29 is 9.53 Å². The van der Waals surface area contributed by atoms with Crippen LogP contribution in [0.25, 0.3) is 0 Å². The van der Waals surface area contributed by atoms with Gasteiger partial charge in [0.15, 0.2) is 0 Å². The molecule has 1 aliphatic heterocycles. The number of aromatic nitrogens is 1. The van der Waals surface area contributed by atoms with Gasteiger partial charge in [-0.05, 0) is 37.0 Å². The first-order valence-electron chi connectivity index (χ1n) is 9.26. The molecule has 4 rings (SSSR count). The zero-order chi connectivity index (χ0) is 18.3. The van der Waals surface area contributed by atoms with E-state index in [0.717, 1.165) is 17.1 Å². The van der Waals surface area contributed by atoms with E-state index in [2.05, 4.69) is 24.4 Å². The van der Waals surface area contributed by atoms with Crippen molar-refractivity contribution in [3.63, 3.8) is 0 Å². The lowest BCUT2D eigenvalue weighted by molar-refractivity contribution is -0.117. The molecule has 0 spiro atoms. The van der Waals surface area contributed by atoms with Crippen molar-refractivity contribution in [2.24, 2.45) is 11.8 Å². The average Bonchev–Trinajstić information content (AvgIpc) is 3.48. The molecule has 5 heteroatoms. The van der Waals surface area contributed by atoms with Crippen molar-refractivity contribution in [2.45, 2.75) is 38.8 Å². The molecular formula is C21H25N3O2. The summed E-state index contributed by atoms with van der Waals surface area (Å²) >= 11 is 0. The second-order valence-corrected chi connectivity index (χ2v) is 7.32. The van der Waals surface area contributed by atoms with Crippen LogP contribution in [0.5, 0.6) is 5.88 Å². The number of carbonyl (C=O) groups excluding carboxylic acids is 1. The number of hydrogen-bond acceptors (Lipinski definition) is 4. The van der Waals surface area contributed by atoms with E-state index in [1.807, 2.05) is 35.2 Å². The lowest BCUT2D eigenvalue weighted by Crippen LogP contribution is -2.51. The van der Waals surface area contributed by atoms with Gasteiger partial charge in [-0.25, -0.2) is 4.98 Å². The monoisotopic (exact) mass is 351 g/mol. The van der Waals surface area contributed by atoms with Crippen LogP contribution in [0.15, 0.2) is 42.5 Å². The molecular weight excluding hydrogens is 326 g/mol. The number of anilines is 2. The van der Waals surface area contributed by atoms with E-state index in [0.29, 0.717) is 11.8 Å². The van der Waals surface area contributed by atoms with Gasteiger partial charge in [-0.1, -0.05) is 25.1 Å². The summed E-state index contributed by atoms with van der Waals surface area (Å²) in [5, 5.41) is 3.65. The van der Waals surface area contributed by atoms with Crippen molar-refractivity contribution in [2.75, 3.05) is 17.3 Å². The third-order valence-electron chi connectivity index (χ3n) is 5.54. The van der Waals surface area contributed by atoms with Crippen LogP contribution >= 0.6 is 0 Å². The molecule has 3 atom stereocenters. The molecule has 0 bridgehead atoms. The third kappa shape index (κ3) is 2.91. The summed E-state index contributed by atoms with van der Waals surface area (Å²) in [7, 11) is 1.62. The van der Waals surface area contributed by atoms with Gasteiger partial charge in [-0.2, -0.15) is 0 Å². The minimum absolute atomic E-state index is 0.0312. The highest BCUT2D eigenvalue weighted by Gasteiger charge is 2.48. The summed E-state index contributed by atoms with van der Waals surface area (Å²) < 4.78 is 5.35. The molecule has 2 aromatic rings. The first-order chi connectivity index (χ1) is 12.6. The van der Waals surface area contributed by atoms with E-state index >= 15 is 0 Å². The molecule has 0 saturated heterocycles. The SMILES string of the molecule is COc1ccc2c(n1)C(Nc1ccccc1)[C@@H](C)[C@H](C1CC1)N2C(C)=O. The number of para-hydroxylation sites is 1. The Morgan fingerprint density at radius 3 is 2.54 bits per heavy atom. The fraction of sp³-hybridized carbons (Fsp3) is 0.429. The highest BCUT2D eigenvalue weighted by atomic mass is 16.5. The van der Waals surface area contributed by atoms with Crippen molar-refractivity contribution >= 4 is 17.3 Å². The second-order valence-electron chi connectivity index (χ2n) is 7.32. The standard InChI is InChI=1S/C21H25N3O2/c1-13-19(22-16-7-5-4-6-8-16)20-17(11-12-18(23-20)26-3)24(14(2)25)21(13)15-9-10-15/h4-8,11-13,15,19,21-22H,9-10H2,1-3H3/t13-,19?,21-/m1/s1. The zero-order valence-corrected chi connectivity index (χ0v) is 15.5. The van der Waals surface area contributed by atoms with Crippen LogP contribution in [0, 0.1) is 11.8 Å². The number of pyridine rings is 1. The van der Waals surface area contributed by atoms with Gasteiger partial charge in [0.05, 0.1) is 24.5 Å². The number of benzene rings is 1. The molecule has 2 heterocycles. The summed E-state index contributed by atoms with van der Waals surface area (Å²) in [6.07, 6.45) is 2.38. The predicted octanol–water partition coefficient (Wildman–Crippen LogP) is 4.02. The molecule has 136 valence electrons. The summed E-state index contributed by atoms with van der Waals surface area (Å²) in [6.45, 7) is 3.88. The van der Waals surface area contributed by atoms with Crippen molar-refractivity contribution in [1.29, 1.82) is 0 Å². The molecule has 5 nitrogen and oxygen atoms in total. The fourth-order valence-electron chi connectivity index (χ4n) is 4.21. The first-order valence-corrected chi connectivity index (χ1v) is 9.26. The van der Waals surface area contributed by atoms with E-state index in [1.54, 1.807) is 14.0 Å². The molecule has 1 unspecified atom stereocenters. The maximum Gasteiger partial charge on any atom is 0.224 e. The number of rotatable bonds is 4. The Balaban J connectivity index is 1.81. The molecule has 1 fully saturated rings. The third-order valence-corrected chi connectivity index (χ3v) is 5.54. The van der Waals surface area contributed by atoms with Gasteiger partial charge < -0.3 is 15.0 Å². The Bertz CT molecular complexity index is 804. The van der Waals surface area contributed by atoms with Gasteiger partial charge in [-0.3, -0.25) is 4.79 Å². The van der Waals surface area contributed by atoms with Crippen molar-refractivity contribution in [3.8, 4) is 5.88 Å². The Labute approximate surface area is 154 Å². The van der Waals surface area contributed by atoms with Gasteiger partial charge in [0.25, 0.3) is 0 Å². The quantitative estimate of drug-likeness (QED) is 0.904. The Kier molecular flexibility index (Phi) is 4.31. The van der Waals surface area contributed by atoms with Crippen LogP contribution in [0.4, 0.5) is 11.4 Å². The van der Waals surface area contributed by atoms with Gasteiger partial charge in [-0.15, -0.1) is 0 Å². The normalized spacial score (nSPS) is 24.7. The largest absolute Gasteiger partial charge is 0.481 e. The molecule has 0 radical (unpaired) electrons. The molecule has 26 heavy (non-hydrogen) atoms. The van der Waals surface area contributed by atoms with Gasteiger partial charge in [0.1, 0.15) is 0 Å². The summed E-state index contributed by atoms with van der Waals surface area (Å²) in [4.78, 5) is 19.2. The molecule has 1 aliphatic carbocycles. The Morgan fingerprint density at radius 2 is 1.92 bits per heavy atom. The van der Waals surface area contributed by atoms with E-state index in [4.69, 9.17) is 9.72 Å². The molecule has 1 aromatic carbocycles. The van der Waals surface area contributed by atoms with Crippen LogP contribution in [0.1, 0.15) is 38.4 Å². The minimum atomic E-state index is 0.0312. The molecule has 1 aromatic heterocycles. The average molecular weight is 351 g/mol. The first kappa shape index (κ1) is 16.9. The van der Waals surface area contributed by atoms with Crippen molar-refractivity contribution in [3.05, 3.63) is 48.2 Å². The number of carbonyl (C=O) groups is 1. The van der Waals surface area contributed by atoms with Crippen LogP contribution < -0.4 is 15.0 Å². The van der Waals surface area contributed by atoms with Crippen LogP contribution in [0.2, 0.25) is 0 Å². The van der Waals surface area contributed by atoms with E-state index in [1.165, 1.54) is 12.8 Å². The second kappa shape index (κ2) is 6.63. The number of fused-ring (bicyclic) bond motifs is 1. The summed E-state index contributed by atoms with van der Waals surface area (Å²) in [5.74, 6) is 1.48.